The zero-order chi connectivity index (χ0) is 12.3. The van der Waals surface area contributed by atoms with Crippen LogP contribution >= 0.6 is 0 Å². The van der Waals surface area contributed by atoms with Crippen LogP contribution in [0.15, 0.2) is 24.3 Å². The molecule has 0 aromatic heterocycles. The smallest absolute Gasteiger partial charge is 0.238 e. The van der Waals surface area contributed by atoms with Crippen molar-refractivity contribution in [1.29, 1.82) is 0 Å². The minimum atomic E-state index is -0.252. The van der Waals surface area contributed by atoms with E-state index in [0.717, 1.165) is 24.9 Å². The maximum atomic E-state index is 12.8. The van der Waals surface area contributed by atoms with Gasteiger partial charge in [-0.25, -0.2) is 4.39 Å². The molecule has 0 aliphatic carbocycles. The summed E-state index contributed by atoms with van der Waals surface area (Å²) >= 11 is 0. The molecule has 0 bridgehead atoms. The molecule has 17 heavy (non-hydrogen) atoms. The van der Waals surface area contributed by atoms with Crippen LogP contribution in [0.3, 0.4) is 0 Å². The standard InChI is InChI=1S/C13H17FN2O/c1-2-3-8-16-12(17)9-15-13(16)10-4-6-11(14)7-5-10/h4-7,13,15H,2-3,8-9H2,1H3. The predicted molar refractivity (Wildman–Crippen MR) is 63.8 cm³/mol. The predicted octanol–water partition coefficient (Wildman–Crippen LogP) is 2.06. The van der Waals surface area contributed by atoms with Crippen LogP contribution in [0.25, 0.3) is 0 Å². The highest BCUT2D eigenvalue weighted by Gasteiger charge is 2.30. The molecule has 1 saturated heterocycles. The molecule has 1 amide bonds. The van der Waals surface area contributed by atoms with Gasteiger partial charge in [-0.15, -0.1) is 0 Å². The number of hydrogen-bond donors (Lipinski definition) is 1. The van der Waals surface area contributed by atoms with Crippen molar-refractivity contribution in [3.63, 3.8) is 0 Å². The quantitative estimate of drug-likeness (QED) is 0.867. The zero-order valence-corrected chi connectivity index (χ0v) is 9.95. The number of unbranched alkanes of at least 4 members (excludes halogenated alkanes) is 1. The van der Waals surface area contributed by atoms with E-state index in [9.17, 15) is 9.18 Å². The first-order valence-electron chi connectivity index (χ1n) is 6.00. The van der Waals surface area contributed by atoms with E-state index in [4.69, 9.17) is 0 Å². The van der Waals surface area contributed by atoms with E-state index in [0.29, 0.717) is 6.54 Å². The van der Waals surface area contributed by atoms with E-state index in [2.05, 4.69) is 12.2 Å². The molecule has 0 radical (unpaired) electrons. The summed E-state index contributed by atoms with van der Waals surface area (Å²) in [4.78, 5) is 13.6. The Morgan fingerprint density at radius 1 is 1.41 bits per heavy atom. The second-order valence-electron chi connectivity index (χ2n) is 4.28. The number of rotatable bonds is 4. The minimum absolute atomic E-state index is 0.102. The van der Waals surface area contributed by atoms with Crippen molar-refractivity contribution >= 4 is 5.91 Å². The number of benzene rings is 1. The van der Waals surface area contributed by atoms with Crippen molar-refractivity contribution < 1.29 is 9.18 Å². The number of hydrogen-bond acceptors (Lipinski definition) is 2. The molecule has 1 aromatic carbocycles. The average molecular weight is 236 g/mol. The van der Waals surface area contributed by atoms with Crippen molar-refractivity contribution in [2.45, 2.75) is 25.9 Å². The highest BCUT2D eigenvalue weighted by atomic mass is 19.1. The van der Waals surface area contributed by atoms with Gasteiger partial charge < -0.3 is 4.90 Å². The fourth-order valence-corrected chi connectivity index (χ4v) is 2.06. The maximum absolute atomic E-state index is 12.8. The summed E-state index contributed by atoms with van der Waals surface area (Å²) in [5, 5.41) is 3.16. The van der Waals surface area contributed by atoms with E-state index >= 15 is 0 Å². The summed E-state index contributed by atoms with van der Waals surface area (Å²) in [7, 11) is 0. The fraction of sp³-hybridized carbons (Fsp3) is 0.462. The third kappa shape index (κ3) is 2.64. The van der Waals surface area contributed by atoms with Gasteiger partial charge in [-0.2, -0.15) is 0 Å². The van der Waals surface area contributed by atoms with Gasteiger partial charge in [0.05, 0.1) is 6.54 Å². The molecule has 3 nitrogen and oxygen atoms in total. The summed E-state index contributed by atoms with van der Waals surface area (Å²) in [6, 6.07) is 6.31. The summed E-state index contributed by atoms with van der Waals surface area (Å²) in [6.45, 7) is 3.22. The lowest BCUT2D eigenvalue weighted by Crippen LogP contribution is -2.31. The van der Waals surface area contributed by atoms with Gasteiger partial charge in [0.15, 0.2) is 0 Å². The lowest BCUT2D eigenvalue weighted by atomic mass is 10.1. The first-order valence-corrected chi connectivity index (χ1v) is 6.00. The topological polar surface area (TPSA) is 32.3 Å². The number of amides is 1. The summed E-state index contributed by atoms with van der Waals surface area (Å²) < 4.78 is 12.8. The van der Waals surface area contributed by atoms with Gasteiger partial charge in [-0.05, 0) is 24.1 Å². The Morgan fingerprint density at radius 3 is 2.76 bits per heavy atom. The maximum Gasteiger partial charge on any atom is 0.238 e. The van der Waals surface area contributed by atoms with Gasteiger partial charge >= 0.3 is 0 Å². The van der Waals surface area contributed by atoms with Gasteiger partial charge in [-0.1, -0.05) is 25.5 Å². The molecule has 1 aliphatic heterocycles. The summed E-state index contributed by atoms with van der Waals surface area (Å²) in [5.41, 5.74) is 0.938. The highest BCUT2D eigenvalue weighted by Crippen LogP contribution is 2.22. The van der Waals surface area contributed by atoms with E-state index < -0.39 is 0 Å². The normalized spacial score (nSPS) is 20.0. The molecule has 1 atom stereocenters. The Hall–Kier alpha value is -1.42. The van der Waals surface area contributed by atoms with Crippen molar-refractivity contribution in [2.24, 2.45) is 0 Å². The van der Waals surface area contributed by atoms with Crippen molar-refractivity contribution in [3.8, 4) is 0 Å². The molecular formula is C13H17FN2O. The number of carbonyl (C=O) groups is 1. The Labute approximate surface area is 101 Å². The number of nitrogens with one attached hydrogen (secondary N) is 1. The van der Waals surface area contributed by atoms with Crippen LogP contribution in [-0.4, -0.2) is 23.9 Å². The van der Waals surface area contributed by atoms with Crippen LogP contribution < -0.4 is 5.32 Å². The third-order valence-corrected chi connectivity index (χ3v) is 3.02. The Morgan fingerprint density at radius 2 is 2.12 bits per heavy atom. The van der Waals surface area contributed by atoms with E-state index in [1.807, 2.05) is 4.90 Å². The molecule has 1 aliphatic rings. The lowest BCUT2D eigenvalue weighted by molar-refractivity contribution is -0.128. The van der Waals surface area contributed by atoms with Crippen LogP contribution in [0.2, 0.25) is 0 Å². The zero-order valence-electron chi connectivity index (χ0n) is 9.95. The summed E-state index contributed by atoms with van der Waals surface area (Å²) in [6.07, 6.45) is 1.94. The largest absolute Gasteiger partial charge is 0.322 e. The van der Waals surface area contributed by atoms with Crippen LogP contribution in [0.4, 0.5) is 4.39 Å². The molecule has 0 spiro atoms. The molecule has 2 rings (SSSR count). The van der Waals surface area contributed by atoms with Gasteiger partial charge in [-0.3, -0.25) is 10.1 Å². The van der Waals surface area contributed by atoms with E-state index in [-0.39, 0.29) is 17.9 Å². The van der Waals surface area contributed by atoms with Gasteiger partial charge in [0.1, 0.15) is 12.0 Å². The molecule has 1 heterocycles. The number of halogens is 1. The van der Waals surface area contributed by atoms with Gasteiger partial charge in [0.2, 0.25) is 5.91 Å². The van der Waals surface area contributed by atoms with Crippen LogP contribution in [0.5, 0.6) is 0 Å². The number of nitrogens with zero attached hydrogens (tertiary/aromatic N) is 1. The summed E-state index contributed by atoms with van der Waals surface area (Å²) in [5.74, 6) is -0.133. The molecule has 4 heteroatoms. The minimum Gasteiger partial charge on any atom is -0.322 e. The Bertz CT molecular complexity index is 391. The second-order valence-corrected chi connectivity index (χ2v) is 4.28. The highest BCUT2D eigenvalue weighted by molar-refractivity contribution is 5.80. The molecule has 92 valence electrons. The third-order valence-electron chi connectivity index (χ3n) is 3.02. The van der Waals surface area contributed by atoms with Crippen LogP contribution in [0, 0.1) is 5.82 Å². The Kier molecular flexibility index (Phi) is 3.74. The molecule has 0 saturated carbocycles. The monoisotopic (exact) mass is 236 g/mol. The molecule has 1 unspecified atom stereocenters. The van der Waals surface area contributed by atoms with E-state index in [1.165, 1.54) is 12.1 Å². The molecule has 1 aromatic rings. The lowest BCUT2D eigenvalue weighted by Gasteiger charge is -2.24. The molecule has 1 fully saturated rings. The van der Waals surface area contributed by atoms with Crippen LogP contribution in [-0.2, 0) is 4.79 Å². The number of carbonyl (C=O) groups excluding carboxylic acids is 1. The SMILES string of the molecule is CCCCN1C(=O)CNC1c1ccc(F)cc1. The average Bonchev–Trinajstić information content (AvgIpc) is 2.69. The van der Waals surface area contributed by atoms with Crippen molar-refractivity contribution in [1.82, 2.24) is 10.2 Å². The van der Waals surface area contributed by atoms with E-state index in [1.54, 1.807) is 12.1 Å². The van der Waals surface area contributed by atoms with Gasteiger partial charge in [0.25, 0.3) is 0 Å². The van der Waals surface area contributed by atoms with Gasteiger partial charge in [0, 0.05) is 6.54 Å². The first-order chi connectivity index (χ1) is 8.22. The first kappa shape index (κ1) is 12.0. The van der Waals surface area contributed by atoms with Crippen molar-refractivity contribution in [3.05, 3.63) is 35.6 Å². The Balaban J connectivity index is 2.13. The second kappa shape index (κ2) is 5.27. The molecular weight excluding hydrogens is 219 g/mol. The van der Waals surface area contributed by atoms with Crippen molar-refractivity contribution in [2.75, 3.05) is 13.1 Å². The van der Waals surface area contributed by atoms with Crippen LogP contribution in [0.1, 0.15) is 31.5 Å². The molecule has 1 N–H and O–H groups in total. The fourth-order valence-electron chi connectivity index (χ4n) is 2.06.